The maximum atomic E-state index is 12.5. The number of halogens is 1. The van der Waals surface area contributed by atoms with Crippen molar-refractivity contribution >= 4 is 17.5 Å². The smallest absolute Gasteiger partial charge is 0.224 e. The number of pyridine rings is 1. The summed E-state index contributed by atoms with van der Waals surface area (Å²) in [6.45, 7) is 2.00. The number of benzene rings is 1. The Kier molecular flexibility index (Phi) is 5.59. The molecule has 2 aromatic heterocycles. The predicted octanol–water partition coefficient (Wildman–Crippen LogP) is 2.38. The highest BCUT2D eigenvalue weighted by molar-refractivity contribution is 6.30. The molecule has 0 spiro atoms. The maximum Gasteiger partial charge on any atom is 0.224 e. The zero-order valence-electron chi connectivity index (χ0n) is 15.1. The van der Waals surface area contributed by atoms with E-state index in [1.54, 1.807) is 4.68 Å². The van der Waals surface area contributed by atoms with Crippen molar-refractivity contribution in [3.63, 3.8) is 0 Å². The predicted molar refractivity (Wildman–Crippen MR) is 102 cm³/mol. The van der Waals surface area contributed by atoms with Crippen LogP contribution < -0.4 is 0 Å². The lowest BCUT2D eigenvalue weighted by atomic mass is 10.1. The van der Waals surface area contributed by atoms with Crippen molar-refractivity contribution in [3.05, 3.63) is 59.6 Å². The van der Waals surface area contributed by atoms with Crippen LogP contribution in [0.3, 0.4) is 0 Å². The number of aryl methyl sites for hydroxylation is 1. The summed E-state index contributed by atoms with van der Waals surface area (Å²) in [4.78, 5) is 18.9. The van der Waals surface area contributed by atoms with Crippen LogP contribution in [0.1, 0.15) is 18.2 Å². The van der Waals surface area contributed by atoms with E-state index in [0.29, 0.717) is 37.7 Å². The SMILES string of the molecule is O=C(CCn1cnnn1)N1CCO[C@H](c2ccc(-c3cccc(Cl)c3)cn2)C1. The summed E-state index contributed by atoms with van der Waals surface area (Å²) in [6, 6.07) is 11.6. The Balaban J connectivity index is 1.39. The number of amides is 1. The van der Waals surface area contributed by atoms with E-state index in [-0.39, 0.29) is 12.0 Å². The Morgan fingerprint density at radius 1 is 1.25 bits per heavy atom. The Labute approximate surface area is 167 Å². The highest BCUT2D eigenvalue weighted by atomic mass is 35.5. The number of ether oxygens (including phenoxy) is 1. The Morgan fingerprint density at radius 3 is 2.93 bits per heavy atom. The first-order valence-electron chi connectivity index (χ1n) is 9.01. The Morgan fingerprint density at radius 2 is 2.18 bits per heavy atom. The van der Waals surface area contributed by atoms with Gasteiger partial charge in [0, 0.05) is 29.7 Å². The molecule has 0 unspecified atom stereocenters. The molecule has 0 aliphatic carbocycles. The van der Waals surface area contributed by atoms with Gasteiger partial charge in [-0.05, 0) is 34.2 Å². The molecule has 1 saturated heterocycles. The van der Waals surface area contributed by atoms with Crippen LogP contribution in [-0.2, 0) is 16.1 Å². The molecule has 1 fully saturated rings. The van der Waals surface area contributed by atoms with Gasteiger partial charge in [-0.15, -0.1) is 5.10 Å². The van der Waals surface area contributed by atoms with Gasteiger partial charge in [-0.25, -0.2) is 4.68 Å². The molecule has 1 aliphatic heterocycles. The average Bonchev–Trinajstić information content (AvgIpc) is 3.26. The van der Waals surface area contributed by atoms with E-state index in [2.05, 4.69) is 20.5 Å². The molecule has 4 rings (SSSR count). The largest absolute Gasteiger partial charge is 0.368 e. The van der Waals surface area contributed by atoms with Gasteiger partial charge in [0.05, 0.1) is 25.4 Å². The minimum atomic E-state index is -0.237. The van der Waals surface area contributed by atoms with E-state index in [0.717, 1.165) is 16.8 Å². The third-order valence-electron chi connectivity index (χ3n) is 4.64. The van der Waals surface area contributed by atoms with Gasteiger partial charge in [-0.2, -0.15) is 0 Å². The summed E-state index contributed by atoms with van der Waals surface area (Å²) < 4.78 is 7.39. The molecule has 0 saturated carbocycles. The molecule has 28 heavy (non-hydrogen) atoms. The van der Waals surface area contributed by atoms with Crippen LogP contribution in [0.25, 0.3) is 11.1 Å². The van der Waals surface area contributed by atoms with Crippen LogP contribution in [0.5, 0.6) is 0 Å². The van der Waals surface area contributed by atoms with Crippen LogP contribution >= 0.6 is 11.6 Å². The van der Waals surface area contributed by atoms with Gasteiger partial charge in [0.25, 0.3) is 0 Å². The number of morpholine rings is 1. The molecule has 1 aliphatic rings. The monoisotopic (exact) mass is 398 g/mol. The number of nitrogens with zero attached hydrogens (tertiary/aromatic N) is 6. The number of rotatable bonds is 5. The van der Waals surface area contributed by atoms with E-state index >= 15 is 0 Å². The fourth-order valence-electron chi connectivity index (χ4n) is 3.14. The van der Waals surface area contributed by atoms with Gasteiger partial charge in [0.15, 0.2) is 0 Å². The highest BCUT2D eigenvalue weighted by Crippen LogP contribution is 2.25. The quantitative estimate of drug-likeness (QED) is 0.655. The summed E-state index contributed by atoms with van der Waals surface area (Å²) >= 11 is 6.06. The molecule has 144 valence electrons. The second-order valence-corrected chi connectivity index (χ2v) is 6.94. The molecule has 3 heterocycles. The first-order chi connectivity index (χ1) is 13.7. The topological polar surface area (TPSA) is 86.0 Å². The fourth-order valence-corrected chi connectivity index (χ4v) is 3.33. The molecule has 0 bridgehead atoms. The van der Waals surface area contributed by atoms with E-state index in [4.69, 9.17) is 16.3 Å². The lowest BCUT2D eigenvalue weighted by Gasteiger charge is -2.32. The molecule has 1 amide bonds. The molecule has 1 aromatic carbocycles. The van der Waals surface area contributed by atoms with E-state index in [1.807, 2.05) is 47.5 Å². The normalized spacial score (nSPS) is 16.9. The summed E-state index contributed by atoms with van der Waals surface area (Å²) in [5, 5.41) is 11.6. The lowest BCUT2D eigenvalue weighted by molar-refractivity contribution is -0.139. The van der Waals surface area contributed by atoms with Crippen molar-refractivity contribution in [2.45, 2.75) is 19.1 Å². The minimum absolute atomic E-state index is 0.0550. The molecular formula is C19H19ClN6O2. The number of hydrogen-bond donors (Lipinski definition) is 0. The molecule has 9 heteroatoms. The van der Waals surface area contributed by atoms with Crippen molar-refractivity contribution in [3.8, 4) is 11.1 Å². The average molecular weight is 399 g/mol. The van der Waals surface area contributed by atoms with Crippen molar-refractivity contribution in [2.75, 3.05) is 19.7 Å². The van der Waals surface area contributed by atoms with E-state index in [1.165, 1.54) is 6.33 Å². The lowest BCUT2D eigenvalue weighted by Crippen LogP contribution is -2.42. The fraction of sp³-hybridized carbons (Fsp3) is 0.316. The van der Waals surface area contributed by atoms with Crippen LogP contribution in [0, 0.1) is 0 Å². The summed E-state index contributed by atoms with van der Waals surface area (Å²) in [5.41, 5.74) is 2.80. The summed E-state index contributed by atoms with van der Waals surface area (Å²) in [7, 11) is 0. The van der Waals surface area contributed by atoms with E-state index < -0.39 is 0 Å². The molecule has 3 aromatic rings. The van der Waals surface area contributed by atoms with Crippen LogP contribution in [-0.4, -0.2) is 55.7 Å². The third kappa shape index (κ3) is 4.35. The first-order valence-corrected chi connectivity index (χ1v) is 9.39. The van der Waals surface area contributed by atoms with Crippen molar-refractivity contribution < 1.29 is 9.53 Å². The molecule has 0 N–H and O–H groups in total. The molecule has 1 atom stereocenters. The zero-order valence-corrected chi connectivity index (χ0v) is 15.9. The van der Waals surface area contributed by atoms with Gasteiger partial charge < -0.3 is 9.64 Å². The highest BCUT2D eigenvalue weighted by Gasteiger charge is 2.26. The second kappa shape index (κ2) is 8.45. The zero-order chi connectivity index (χ0) is 19.3. The Hall–Kier alpha value is -2.84. The van der Waals surface area contributed by atoms with Gasteiger partial charge in [0.2, 0.25) is 5.91 Å². The standard InChI is InChI=1S/C19H19ClN6O2/c20-16-3-1-2-14(10-16)15-4-5-17(21-11-15)18-12-25(8-9-28-18)19(27)6-7-26-13-22-23-24-26/h1-5,10-11,13,18H,6-9,12H2/t18-/m0/s1. The minimum Gasteiger partial charge on any atom is -0.368 e. The maximum absolute atomic E-state index is 12.5. The molecular weight excluding hydrogens is 380 g/mol. The van der Waals surface area contributed by atoms with E-state index in [9.17, 15) is 4.79 Å². The summed E-state index contributed by atoms with van der Waals surface area (Å²) in [5.74, 6) is 0.0550. The second-order valence-electron chi connectivity index (χ2n) is 6.50. The van der Waals surface area contributed by atoms with Crippen LogP contribution in [0.15, 0.2) is 48.9 Å². The van der Waals surface area contributed by atoms with Gasteiger partial charge in [-0.1, -0.05) is 29.8 Å². The number of tetrazole rings is 1. The third-order valence-corrected chi connectivity index (χ3v) is 4.87. The van der Waals surface area contributed by atoms with Crippen LogP contribution in [0.4, 0.5) is 0 Å². The van der Waals surface area contributed by atoms with Crippen molar-refractivity contribution in [1.82, 2.24) is 30.1 Å². The van der Waals surface area contributed by atoms with Crippen molar-refractivity contribution in [2.24, 2.45) is 0 Å². The summed E-state index contributed by atoms with van der Waals surface area (Å²) in [6.07, 6.45) is 3.42. The van der Waals surface area contributed by atoms with Gasteiger partial charge in [-0.3, -0.25) is 9.78 Å². The number of carbonyl (C=O) groups excluding carboxylic acids is 1. The number of hydrogen-bond acceptors (Lipinski definition) is 6. The molecule has 0 radical (unpaired) electrons. The number of aromatic nitrogens is 5. The van der Waals surface area contributed by atoms with Crippen LogP contribution in [0.2, 0.25) is 5.02 Å². The molecule has 8 nitrogen and oxygen atoms in total. The Bertz CT molecular complexity index is 932. The first kappa shape index (κ1) is 18.5. The van der Waals surface area contributed by atoms with Crippen molar-refractivity contribution in [1.29, 1.82) is 0 Å². The number of carbonyl (C=O) groups is 1. The van der Waals surface area contributed by atoms with Gasteiger partial charge in [0.1, 0.15) is 12.4 Å². The van der Waals surface area contributed by atoms with Gasteiger partial charge >= 0.3 is 0 Å².